The number of ether oxygens (including phenoxy) is 2. The number of aromatic nitrogens is 1. The maximum atomic E-state index is 12.9. The zero-order valence-corrected chi connectivity index (χ0v) is 15.8. The second-order valence-electron chi connectivity index (χ2n) is 7.37. The van der Waals surface area contributed by atoms with Crippen LogP contribution in [0, 0.1) is 19.8 Å². The number of aryl methyl sites for hydroxylation is 1. The largest absolute Gasteiger partial charge is 0.486 e. The van der Waals surface area contributed by atoms with E-state index < -0.39 is 0 Å². The maximum absolute atomic E-state index is 12.9. The monoisotopic (exact) mass is 368 g/mol. The van der Waals surface area contributed by atoms with Crippen LogP contribution < -0.4 is 14.8 Å². The predicted octanol–water partition coefficient (Wildman–Crippen LogP) is 3.49. The van der Waals surface area contributed by atoms with Gasteiger partial charge in [-0.3, -0.25) is 9.59 Å². The molecule has 4 rings (SSSR count). The summed E-state index contributed by atoms with van der Waals surface area (Å²) in [5.41, 5.74) is 3.51. The van der Waals surface area contributed by atoms with Gasteiger partial charge in [-0.1, -0.05) is 6.07 Å². The van der Waals surface area contributed by atoms with Crippen LogP contribution in [0.5, 0.6) is 11.5 Å². The summed E-state index contributed by atoms with van der Waals surface area (Å²) in [5.74, 6) is 1.66. The number of aromatic amines is 1. The van der Waals surface area contributed by atoms with Gasteiger partial charge in [0, 0.05) is 11.3 Å². The van der Waals surface area contributed by atoms with E-state index in [-0.39, 0.29) is 17.7 Å². The quantitative estimate of drug-likeness (QED) is 0.792. The first-order chi connectivity index (χ1) is 13.0. The summed E-state index contributed by atoms with van der Waals surface area (Å²) in [6, 6.07) is 5.77. The Bertz CT molecular complexity index is 911. The minimum absolute atomic E-state index is 0.0362. The number of fused-ring (bicyclic) bond motifs is 1. The van der Waals surface area contributed by atoms with E-state index in [9.17, 15) is 9.59 Å². The third-order valence-corrected chi connectivity index (χ3v) is 5.32. The molecule has 1 aromatic heterocycles. The molecule has 0 radical (unpaired) electrons. The molecule has 1 aliphatic carbocycles. The average Bonchev–Trinajstić information content (AvgIpc) is 3.43. The Hall–Kier alpha value is -2.76. The number of Topliss-reactive ketones (excluding diaryl/α,β-unsaturated/α-hetero) is 1. The van der Waals surface area contributed by atoms with E-state index in [0.717, 1.165) is 35.6 Å². The van der Waals surface area contributed by atoms with Gasteiger partial charge >= 0.3 is 0 Å². The Morgan fingerprint density at radius 2 is 1.85 bits per heavy atom. The molecule has 1 fully saturated rings. The van der Waals surface area contributed by atoms with Crippen molar-refractivity contribution in [3.63, 3.8) is 0 Å². The van der Waals surface area contributed by atoms with Crippen LogP contribution in [0.3, 0.4) is 0 Å². The predicted molar refractivity (Wildman–Crippen MR) is 101 cm³/mol. The van der Waals surface area contributed by atoms with Crippen LogP contribution in [0.15, 0.2) is 18.2 Å². The molecule has 2 aromatic rings. The fraction of sp³-hybridized carbons (Fsp3) is 0.429. The van der Waals surface area contributed by atoms with Crippen molar-refractivity contribution in [3.05, 3.63) is 46.3 Å². The molecule has 2 heterocycles. The lowest BCUT2D eigenvalue weighted by Gasteiger charge is -2.23. The first kappa shape index (κ1) is 17.6. The molecule has 1 saturated carbocycles. The van der Waals surface area contributed by atoms with Gasteiger partial charge in [0.25, 0.3) is 5.91 Å². The van der Waals surface area contributed by atoms with Gasteiger partial charge in [0.2, 0.25) is 0 Å². The zero-order valence-electron chi connectivity index (χ0n) is 15.8. The number of nitrogens with one attached hydrogen (secondary N) is 2. The van der Waals surface area contributed by atoms with Crippen LogP contribution in [-0.2, 0) is 0 Å². The molecule has 1 aromatic carbocycles. The number of carbonyl (C=O) groups excluding carboxylic acids is 2. The fourth-order valence-electron chi connectivity index (χ4n) is 3.87. The van der Waals surface area contributed by atoms with Crippen LogP contribution in [0.1, 0.15) is 63.5 Å². The standard InChI is InChI=1S/C21H24N2O4/c1-11-18(13(3)24)12(2)22-19(11)21(25)23-20(14-4-5-14)15-6-7-16-17(10-15)27-9-8-26-16/h6-7,10,14,20,22H,4-5,8-9H2,1-3H3,(H,23,25). The number of hydrogen-bond donors (Lipinski definition) is 2. The van der Waals surface area contributed by atoms with Gasteiger partial charge in [-0.05, 0) is 62.8 Å². The topological polar surface area (TPSA) is 80.4 Å². The summed E-state index contributed by atoms with van der Waals surface area (Å²) < 4.78 is 11.3. The van der Waals surface area contributed by atoms with Gasteiger partial charge in [0.1, 0.15) is 18.9 Å². The van der Waals surface area contributed by atoms with Crippen LogP contribution in [-0.4, -0.2) is 29.9 Å². The second kappa shape index (κ2) is 6.76. The van der Waals surface area contributed by atoms with E-state index in [1.165, 1.54) is 6.92 Å². The van der Waals surface area contributed by atoms with Gasteiger partial charge in [0.15, 0.2) is 17.3 Å². The molecule has 27 heavy (non-hydrogen) atoms. The van der Waals surface area contributed by atoms with E-state index >= 15 is 0 Å². The molecule has 0 saturated heterocycles. The van der Waals surface area contributed by atoms with Crippen molar-refractivity contribution in [1.82, 2.24) is 10.3 Å². The molecule has 6 nitrogen and oxygen atoms in total. The van der Waals surface area contributed by atoms with Crippen molar-refractivity contribution in [3.8, 4) is 11.5 Å². The molecule has 2 aliphatic rings. The molecular weight excluding hydrogens is 344 g/mol. The van der Waals surface area contributed by atoms with Crippen molar-refractivity contribution in [2.24, 2.45) is 5.92 Å². The van der Waals surface area contributed by atoms with Gasteiger partial charge in [-0.2, -0.15) is 0 Å². The highest BCUT2D eigenvalue weighted by Crippen LogP contribution is 2.43. The minimum atomic E-state index is -0.185. The average molecular weight is 368 g/mol. The van der Waals surface area contributed by atoms with E-state index in [1.807, 2.05) is 32.0 Å². The first-order valence-corrected chi connectivity index (χ1v) is 9.36. The molecule has 0 spiro atoms. The molecule has 1 unspecified atom stereocenters. The maximum Gasteiger partial charge on any atom is 0.268 e. The van der Waals surface area contributed by atoms with Gasteiger partial charge < -0.3 is 19.8 Å². The van der Waals surface area contributed by atoms with Crippen LogP contribution >= 0.6 is 0 Å². The number of H-pyrrole nitrogens is 1. The number of carbonyl (C=O) groups is 2. The number of benzene rings is 1. The molecule has 1 atom stereocenters. The van der Waals surface area contributed by atoms with E-state index in [2.05, 4.69) is 10.3 Å². The minimum Gasteiger partial charge on any atom is -0.486 e. The Kier molecular flexibility index (Phi) is 4.42. The Labute approximate surface area is 158 Å². The van der Waals surface area contributed by atoms with Crippen molar-refractivity contribution < 1.29 is 19.1 Å². The van der Waals surface area contributed by atoms with E-state index in [0.29, 0.717) is 36.0 Å². The molecule has 0 bridgehead atoms. The summed E-state index contributed by atoms with van der Waals surface area (Å²) in [6.45, 7) is 6.24. The summed E-state index contributed by atoms with van der Waals surface area (Å²) in [7, 11) is 0. The van der Waals surface area contributed by atoms with Gasteiger partial charge in [-0.15, -0.1) is 0 Å². The zero-order chi connectivity index (χ0) is 19.1. The normalized spacial score (nSPS) is 16.7. The summed E-state index contributed by atoms with van der Waals surface area (Å²) in [5, 5.41) is 3.16. The lowest BCUT2D eigenvalue weighted by atomic mass is 10.0. The number of hydrogen-bond acceptors (Lipinski definition) is 4. The van der Waals surface area contributed by atoms with Crippen molar-refractivity contribution in [1.29, 1.82) is 0 Å². The summed E-state index contributed by atoms with van der Waals surface area (Å²) >= 11 is 0. The van der Waals surface area contributed by atoms with Gasteiger partial charge in [0.05, 0.1) is 6.04 Å². The number of ketones is 1. The van der Waals surface area contributed by atoms with Crippen molar-refractivity contribution in [2.45, 2.75) is 39.7 Å². The molecular formula is C21H24N2O4. The van der Waals surface area contributed by atoms with Crippen LogP contribution in [0.4, 0.5) is 0 Å². The second-order valence-corrected chi connectivity index (χ2v) is 7.37. The molecule has 1 aliphatic heterocycles. The van der Waals surface area contributed by atoms with Crippen LogP contribution in [0.2, 0.25) is 0 Å². The lowest BCUT2D eigenvalue weighted by Crippen LogP contribution is -2.30. The molecule has 142 valence electrons. The third-order valence-electron chi connectivity index (χ3n) is 5.32. The Balaban J connectivity index is 1.60. The SMILES string of the molecule is CC(=O)c1c(C)[nH]c(C(=O)NC(c2ccc3c(c2)OCCO3)C2CC2)c1C. The van der Waals surface area contributed by atoms with E-state index in [4.69, 9.17) is 9.47 Å². The highest BCUT2D eigenvalue weighted by Gasteiger charge is 2.35. The molecule has 1 amide bonds. The van der Waals surface area contributed by atoms with Gasteiger partial charge in [-0.25, -0.2) is 0 Å². The smallest absolute Gasteiger partial charge is 0.268 e. The van der Waals surface area contributed by atoms with E-state index in [1.54, 1.807) is 0 Å². The summed E-state index contributed by atoms with van der Waals surface area (Å²) in [4.78, 5) is 27.9. The lowest BCUT2D eigenvalue weighted by molar-refractivity contribution is 0.0926. The Morgan fingerprint density at radius 1 is 1.15 bits per heavy atom. The first-order valence-electron chi connectivity index (χ1n) is 9.36. The van der Waals surface area contributed by atoms with Crippen molar-refractivity contribution in [2.75, 3.05) is 13.2 Å². The number of amides is 1. The molecule has 6 heteroatoms. The van der Waals surface area contributed by atoms with Crippen LogP contribution in [0.25, 0.3) is 0 Å². The van der Waals surface area contributed by atoms with Crippen molar-refractivity contribution >= 4 is 11.7 Å². The summed E-state index contributed by atoms with van der Waals surface area (Å²) in [6.07, 6.45) is 2.17. The fourth-order valence-corrected chi connectivity index (χ4v) is 3.87. The molecule has 2 N–H and O–H groups in total. The third kappa shape index (κ3) is 3.31. The highest BCUT2D eigenvalue weighted by atomic mass is 16.6. The number of rotatable bonds is 5. The Morgan fingerprint density at radius 3 is 2.48 bits per heavy atom. The highest BCUT2D eigenvalue weighted by molar-refractivity contribution is 6.02.